The molecule has 0 fully saturated rings. The minimum Gasteiger partial charge on any atom is -0.310 e. The van der Waals surface area contributed by atoms with Gasteiger partial charge < -0.3 is 5.32 Å². The van der Waals surface area contributed by atoms with Crippen LogP contribution < -0.4 is 10.0 Å². The molecule has 1 aromatic heterocycles. The van der Waals surface area contributed by atoms with E-state index in [2.05, 4.69) is 23.9 Å². The summed E-state index contributed by atoms with van der Waals surface area (Å²) in [6.07, 6.45) is 1.96. The summed E-state index contributed by atoms with van der Waals surface area (Å²) in [6.45, 7) is 6.71. The fraction of sp³-hybridized carbons (Fsp3) is 0.667. The first-order chi connectivity index (χ1) is 8.85. The molecule has 0 aromatic carbocycles. The summed E-state index contributed by atoms with van der Waals surface area (Å²) in [4.78, 5) is 0. The molecule has 0 saturated heterocycles. The molecule has 19 heavy (non-hydrogen) atoms. The Morgan fingerprint density at radius 3 is 2.63 bits per heavy atom. The van der Waals surface area contributed by atoms with Crippen molar-refractivity contribution in [2.45, 2.75) is 43.6 Å². The van der Waals surface area contributed by atoms with Crippen molar-refractivity contribution in [1.82, 2.24) is 10.0 Å². The number of rotatable bonds is 8. The lowest BCUT2D eigenvalue weighted by molar-refractivity contribution is 0.572. The fourth-order valence-corrected chi connectivity index (χ4v) is 4.67. The van der Waals surface area contributed by atoms with Gasteiger partial charge in [-0.2, -0.15) is 11.8 Å². The first-order valence-corrected chi connectivity index (χ1v) is 9.93. The van der Waals surface area contributed by atoms with Gasteiger partial charge in [0.05, 0.1) is 0 Å². The molecule has 0 aliphatic heterocycles. The predicted octanol–water partition coefficient (Wildman–Crippen LogP) is 2.28. The summed E-state index contributed by atoms with van der Waals surface area (Å²) >= 11 is 2.90. The minimum atomic E-state index is -3.37. The van der Waals surface area contributed by atoms with Crippen LogP contribution in [0.2, 0.25) is 0 Å². The van der Waals surface area contributed by atoms with Crippen LogP contribution in [0.1, 0.15) is 26.3 Å². The smallest absolute Gasteiger partial charge is 0.250 e. The maximum absolute atomic E-state index is 12.1. The van der Waals surface area contributed by atoms with Gasteiger partial charge in [-0.15, -0.1) is 11.3 Å². The summed E-state index contributed by atoms with van der Waals surface area (Å²) in [5, 5.41) is 5.17. The number of nitrogens with one attached hydrogen (secondary N) is 2. The zero-order chi connectivity index (χ0) is 14.5. The van der Waals surface area contributed by atoms with Gasteiger partial charge in [0, 0.05) is 24.4 Å². The van der Waals surface area contributed by atoms with Crippen molar-refractivity contribution in [3.63, 3.8) is 0 Å². The fourth-order valence-electron chi connectivity index (χ4n) is 1.52. The Labute approximate surface area is 124 Å². The minimum absolute atomic E-state index is 0.0562. The van der Waals surface area contributed by atoms with Gasteiger partial charge in [-0.3, -0.25) is 0 Å². The third kappa shape index (κ3) is 5.83. The first kappa shape index (κ1) is 17.0. The normalized spacial score (nSPS) is 13.9. The second-order valence-corrected chi connectivity index (χ2v) is 8.55. The molecule has 0 bridgehead atoms. The Morgan fingerprint density at radius 2 is 2.05 bits per heavy atom. The molecule has 1 aromatic rings. The van der Waals surface area contributed by atoms with Gasteiger partial charge in [0.1, 0.15) is 4.21 Å². The van der Waals surface area contributed by atoms with Gasteiger partial charge in [0.2, 0.25) is 10.0 Å². The SMILES string of the molecule is CSCC(C)NS(=O)(=O)c1cc(CNC(C)C)cs1. The van der Waals surface area contributed by atoms with Crippen molar-refractivity contribution < 1.29 is 8.42 Å². The van der Waals surface area contributed by atoms with Crippen LogP contribution in [0.15, 0.2) is 15.7 Å². The number of thiophene rings is 1. The second-order valence-electron chi connectivity index (χ2n) is 4.79. The maximum Gasteiger partial charge on any atom is 0.250 e. The van der Waals surface area contributed by atoms with Crippen molar-refractivity contribution in [3.05, 3.63) is 17.0 Å². The summed E-state index contributed by atoms with van der Waals surface area (Å²) in [5.41, 5.74) is 1.01. The molecule has 1 unspecified atom stereocenters. The molecule has 7 heteroatoms. The van der Waals surface area contributed by atoms with E-state index in [0.29, 0.717) is 16.8 Å². The van der Waals surface area contributed by atoms with Crippen LogP contribution in [0.3, 0.4) is 0 Å². The molecule has 0 aliphatic rings. The van der Waals surface area contributed by atoms with Crippen LogP contribution in [0.25, 0.3) is 0 Å². The van der Waals surface area contributed by atoms with Crippen molar-refractivity contribution in [2.24, 2.45) is 0 Å². The Bertz CT molecular complexity index is 483. The van der Waals surface area contributed by atoms with Crippen LogP contribution in [-0.4, -0.2) is 32.5 Å². The van der Waals surface area contributed by atoms with Crippen molar-refractivity contribution >= 4 is 33.1 Å². The van der Waals surface area contributed by atoms with E-state index < -0.39 is 10.0 Å². The zero-order valence-electron chi connectivity index (χ0n) is 11.8. The lowest BCUT2D eigenvalue weighted by Crippen LogP contribution is -2.33. The van der Waals surface area contributed by atoms with E-state index in [1.165, 1.54) is 11.3 Å². The Balaban J connectivity index is 2.68. The van der Waals surface area contributed by atoms with E-state index in [4.69, 9.17) is 0 Å². The lowest BCUT2D eigenvalue weighted by Gasteiger charge is -2.11. The molecular weight excluding hydrogens is 300 g/mol. The zero-order valence-corrected chi connectivity index (χ0v) is 14.2. The van der Waals surface area contributed by atoms with E-state index in [1.807, 2.05) is 18.6 Å². The van der Waals surface area contributed by atoms with Gasteiger partial charge in [-0.1, -0.05) is 13.8 Å². The molecule has 0 aliphatic carbocycles. The van der Waals surface area contributed by atoms with Gasteiger partial charge in [-0.25, -0.2) is 13.1 Å². The van der Waals surface area contributed by atoms with Crippen molar-refractivity contribution in [1.29, 1.82) is 0 Å². The third-order valence-corrected chi connectivity index (χ3v) is 6.29. The second kappa shape index (κ2) is 7.64. The largest absolute Gasteiger partial charge is 0.310 e. The molecule has 4 nitrogen and oxygen atoms in total. The van der Waals surface area contributed by atoms with E-state index in [-0.39, 0.29) is 6.04 Å². The van der Waals surface area contributed by atoms with Gasteiger partial charge in [0.25, 0.3) is 0 Å². The molecule has 1 atom stereocenters. The highest BCUT2D eigenvalue weighted by molar-refractivity contribution is 7.98. The molecule has 110 valence electrons. The highest BCUT2D eigenvalue weighted by atomic mass is 32.2. The number of thioether (sulfide) groups is 1. The molecule has 2 N–H and O–H groups in total. The molecule has 0 saturated carbocycles. The van der Waals surface area contributed by atoms with Crippen molar-refractivity contribution in [2.75, 3.05) is 12.0 Å². The van der Waals surface area contributed by atoms with E-state index in [1.54, 1.807) is 17.8 Å². The van der Waals surface area contributed by atoms with E-state index in [9.17, 15) is 8.42 Å². The van der Waals surface area contributed by atoms with Crippen LogP contribution in [-0.2, 0) is 16.6 Å². The van der Waals surface area contributed by atoms with Crippen molar-refractivity contribution in [3.8, 4) is 0 Å². The monoisotopic (exact) mass is 322 g/mol. The Kier molecular flexibility index (Phi) is 6.82. The molecule has 0 amide bonds. The molecule has 1 heterocycles. The summed E-state index contributed by atoms with van der Waals surface area (Å²) in [6, 6.07) is 2.08. The lowest BCUT2D eigenvalue weighted by atomic mass is 10.3. The quantitative estimate of drug-likeness (QED) is 0.771. The third-order valence-electron chi connectivity index (χ3n) is 2.38. The topological polar surface area (TPSA) is 58.2 Å². The van der Waals surface area contributed by atoms with Crippen LogP contribution in [0.4, 0.5) is 0 Å². The standard InChI is InChI=1S/C12H22N2O2S3/c1-9(2)13-6-11-5-12(18-8-11)19(15,16)14-10(3)7-17-4/h5,8-10,13-14H,6-7H2,1-4H3. The Morgan fingerprint density at radius 1 is 1.37 bits per heavy atom. The average molecular weight is 323 g/mol. The molecule has 1 rings (SSSR count). The first-order valence-electron chi connectivity index (χ1n) is 6.17. The van der Waals surface area contributed by atoms with Gasteiger partial charge in [0.15, 0.2) is 0 Å². The predicted molar refractivity (Wildman–Crippen MR) is 84.5 cm³/mol. The van der Waals surface area contributed by atoms with Crippen LogP contribution >= 0.6 is 23.1 Å². The van der Waals surface area contributed by atoms with Gasteiger partial charge in [-0.05, 0) is 30.2 Å². The summed E-state index contributed by atoms with van der Waals surface area (Å²) in [5.74, 6) is 0.770. The Hall–Kier alpha value is -0.0800. The van der Waals surface area contributed by atoms with Crippen LogP contribution in [0.5, 0.6) is 0 Å². The average Bonchev–Trinajstić information content (AvgIpc) is 2.75. The van der Waals surface area contributed by atoms with Gasteiger partial charge >= 0.3 is 0 Å². The highest BCUT2D eigenvalue weighted by Gasteiger charge is 2.19. The molecular formula is C12H22N2O2S3. The van der Waals surface area contributed by atoms with E-state index in [0.717, 1.165) is 11.3 Å². The maximum atomic E-state index is 12.1. The summed E-state index contributed by atoms with van der Waals surface area (Å²) in [7, 11) is -3.37. The molecule has 0 spiro atoms. The van der Waals surface area contributed by atoms with E-state index >= 15 is 0 Å². The van der Waals surface area contributed by atoms with Crippen LogP contribution in [0, 0.1) is 0 Å². The summed E-state index contributed by atoms with van der Waals surface area (Å²) < 4.78 is 27.4. The molecule has 0 radical (unpaired) electrons. The number of sulfonamides is 1. The number of hydrogen-bond acceptors (Lipinski definition) is 5. The highest BCUT2D eigenvalue weighted by Crippen LogP contribution is 2.20. The number of hydrogen-bond donors (Lipinski definition) is 2.